The van der Waals surface area contributed by atoms with Gasteiger partial charge in [0, 0.05) is 0 Å². The summed E-state index contributed by atoms with van der Waals surface area (Å²) in [5.41, 5.74) is 0. The van der Waals surface area contributed by atoms with Crippen LogP contribution in [0.25, 0.3) is 0 Å². The number of rotatable bonds is 7. The highest BCUT2D eigenvalue weighted by molar-refractivity contribution is 5.81. The molecular weight excluding hydrogens is 188 g/mol. The van der Waals surface area contributed by atoms with Crippen molar-refractivity contribution >= 4 is 11.9 Å². The van der Waals surface area contributed by atoms with Crippen LogP contribution >= 0.6 is 0 Å². The predicted molar refractivity (Wildman–Crippen MR) is 46.3 cm³/mol. The molecule has 0 saturated heterocycles. The van der Waals surface area contributed by atoms with Crippen LogP contribution < -0.4 is 15.3 Å². The van der Waals surface area contributed by atoms with Crippen molar-refractivity contribution in [2.75, 3.05) is 32.8 Å². The van der Waals surface area contributed by atoms with Crippen LogP contribution in [0.1, 0.15) is 6.92 Å². The molecule has 3 N–H and O–H groups in total. The lowest BCUT2D eigenvalue weighted by Gasteiger charge is -2.15. The van der Waals surface area contributed by atoms with Crippen molar-refractivity contribution in [3.63, 3.8) is 0 Å². The summed E-state index contributed by atoms with van der Waals surface area (Å²) in [5, 5.41) is 20.9. The lowest BCUT2D eigenvalue weighted by molar-refractivity contribution is -0.890. The molecule has 0 heterocycles. The normalized spacial score (nSPS) is 12.1. The molecular formula is C8H16N2O4. The van der Waals surface area contributed by atoms with Gasteiger partial charge in [0.25, 0.3) is 5.91 Å². The first-order valence-corrected chi connectivity index (χ1v) is 4.51. The number of hydrogen-bond acceptors (Lipinski definition) is 4. The largest absolute Gasteiger partial charge is 0.548 e. The number of aliphatic hydroxyl groups excluding tert-OH is 1. The number of carbonyl (C=O) groups excluding carboxylic acids is 2. The van der Waals surface area contributed by atoms with E-state index in [1.165, 1.54) is 0 Å². The number of carboxylic acids is 1. The highest BCUT2D eigenvalue weighted by Crippen LogP contribution is 1.61. The quantitative estimate of drug-likeness (QED) is 0.391. The minimum atomic E-state index is -1.31. The molecule has 0 bridgehead atoms. The summed E-state index contributed by atoms with van der Waals surface area (Å²) in [4.78, 5) is 22.0. The number of aliphatic hydroxyl groups is 1. The second-order valence-electron chi connectivity index (χ2n) is 2.90. The molecule has 6 nitrogen and oxygen atoms in total. The Morgan fingerprint density at radius 2 is 2.14 bits per heavy atom. The molecule has 82 valence electrons. The Morgan fingerprint density at radius 3 is 2.57 bits per heavy atom. The van der Waals surface area contributed by atoms with Crippen molar-refractivity contribution in [2.24, 2.45) is 0 Å². The van der Waals surface area contributed by atoms with Gasteiger partial charge >= 0.3 is 0 Å². The standard InChI is InChI=1S/C8H16N2O4/c1-2-10(3-4-11)6-7(12)9-5-8(13)14/h11H,2-6H2,1H3,(H,9,12)(H,13,14). The Kier molecular flexibility index (Phi) is 6.69. The smallest absolute Gasteiger partial charge is 0.275 e. The number of aliphatic carboxylic acids is 1. The molecule has 0 aromatic heterocycles. The Labute approximate surface area is 82.5 Å². The fourth-order valence-corrected chi connectivity index (χ4v) is 1.01. The zero-order chi connectivity index (χ0) is 11.0. The molecule has 0 spiro atoms. The van der Waals surface area contributed by atoms with E-state index in [1.807, 2.05) is 6.92 Å². The highest BCUT2D eigenvalue weighted by atomic mass is 16.4. The molecule has 6 heteroatoms. The van der Waals surface area contributed by atoms with Gasteiger partial charge in [-0.15, -0.1) is 0 Å². The van der Waals surface area contributed by atoms with Gasteiger partial charge in [0.2, 0.25) is 0 Å². The molecule has 0 aromatic carbocycles. The molecule has 14 heavy (non-hydrogen) atoms. The number of nitrogens with one attached hydrogen (secondary N) is 2. The number of likely N-dealkylation sites (N-methyl/N-ethyl adjacent to an activating group) is 1. The summed E-state index contributed by atoms with van der Waals surface area (Å²) in [6, 6.07) is 0. The van der Waals surface area contributed by atoms with E-state index in [1.54, 1.807) is 0 Å². The van der Waals surface area contributed by atoms with Gasteiger partial charge in [0.05, 0.1) is 25.7 Å². The number of carboxylic acid groups (broad SMARTS) is 1. The van der Waals surface area contributed by atoms with Gasteiger partial charge in [-0.25, -0.2) is 0 Å². The first kappa shape index (κ1) is 12.9. The van der Waals surface area contributed by atoms with E-state index in [9.17, 15) is 14.7 Å². The maximum Gasteiger partial charge on any atom is 0.275 e. The molecule has 0 aliphatic heterocycles. The Hall–Kier alpha value is -1.14. The lowest BCUT2D eigenvalue weighted by atomic mass is 10.4. The van der Waals surface area contributed by atoms with Crippen LogP contribution in [0.15, 0.2) is 0 Å². The average molecular weight is 204 g/mol. The molecule has 1 amide bonds. The van der Waals surface area contributed by atoms with Gasteiger partial charge < -0.3 is 25.2 Å². The van der Waals surface area contributed by atoms with Gasteiger partial charge in [-0.3, -0.25) is 4.79 Å². The Balaban J connectivity index is 3.72. The van der Waals surface area contributed by atoms with Crippen molar-refractivity contribution in [3.05, 3.63) is 0 Å². The number of amides is 1. The number of carbonyl (C=O) groups is 2. The number of hydrogen-bond donors (Lipinski definition) is 3. The zero-order valence-corrected chi connectivity index (χ0v) is 8.21. The zero-order valence-electron chi connectivity index (χ0n) is 8.21. The molecule has 0 rings (SSSR count). The van der Waals surface area contributed by atoms with Crippen LogP contribution in [0.4, 0.5) is 0 Å². The van der Waals surface area contributed by atoms with Crippen molar-refractivity contribution < 1.29 is 24.7 Å². The first-order chi connectivity index (χ1) is 6.60. The van der Waals surface area contributed by atoms with Crippen LogP contribution in [0.2, 0.25) is 0 Å². The molecule has 0 radical (unpaired) electrons. The van der Waals surface area contributed by atoms with E-state index < -0.39 is 12.5 Å². The SMILES string of the molecule is CC[NH+](CCO)CC(=O)NCC(=O)[O-]. The second kappa shape index (κ2) is 7.28. The first-order valence-electron chi connectivity index (χ1n) is 4.51. The molecule has 0 aliphatic carbocycles. The predicted octanol–water partition coefficient (Wildman–Crippen LogP) is -4.25. The van der Waals surface area contributed by atoms with Crippen LogP contribution in [0.3, 0.4) is 0 Å². The summed E-state index contributed by atoms with van der Waals surface area (Å²) < 4.78 is 0. The van der Waals surface area contributed by atoms with Crippen molar-refractivity contribution in [2.45, 2.75) is 6.92 Å². The molecule has 1 atom stereocenters. The van der Waals surface area contributed by atoms with Gasteiger partial charge in [0.15, 0.2) is 6.54 Å². The van der Waals surface area contributed by atoms with Crippen LogP contribution in [0, 0.1) is 0 Å². The lowest BCUT2D eigenvalue weighted by Crippen LogP contribution is -3.13. The second-order valence-corrected chi connectivity index (χ2v) is 2.90. The molecule has 0 aliphatic rings. The van der Waals surface area contributed by atoms with Crippen LogP contribution in [-0.2, 0) is 9.59 Å². The topological polar surface area (TPSA) is 93.9 Å². The fourth-order valence-electron chi connectivity index (χ4n) is 1.01. The van der Waals surface area contributed by atoms with E-state index in [0.717, 1.165) is 4.90 Å². The molecule has 0 aromatic rings. The van der Waals surface area contributed by atoms with E-state index in [2.05, 4.69) is 5.32 Å². The fraction of sp³-hybridized carbons (Fsp3) is 0.750. The molecule has 0 saturated carbocycles. The van der Waals surface area contributed by atoms with Crippen LogP contribution in [0.5, 0.6) is 0 Å². The van der Waals surface area contributed by atoms with Crippen LogP contribution in [-0.4, -0.2) is 49.8 Å². The summed E-state index contributed by atoms with van der Waals surface area (Å²) in [6.45, 7) is 2.79. The maximum atomic E-state index is 11.1. The van der Waals surface area contributed by atoms with E-state index >= 15 is 0 Å². The molecule has 1 unspecified atom stereocenters. The van der Waals surface area contributed by atoms with Gasteiger partial charge in [-0.05, 0) is 6.92 Å². The third-order valence-corrected chi connectivity index (χ3v) is 1.81. The van der Waals surface area contributed by atoms with E-state index in [4.69, 9.17) is 5.11 Å². The van der Waals surface area contributed by atoms with Crippen molar-refractivity contribution in [1.82, 2.24) is 5.32 Å². The Morgan fingerprint density at radius 1 is 1.50 bits per heavy atom. The number of quaternary nitrogens is 1. The Bertz CT molecular complexity index is 196. The summed E-state index contributed by atoms with van der Waals surface area (Å²) in [6.07, 6.45) is 0. The van der Waals surface area contributed by atoms with Gasteiger partial charge in [-0.1, -0.05) is 0 Å². The summed E-state index contributed by atoms with van der Waals surface area (Å²) in [5.74, 6) is -1.65. The third kappa shape index (κ3) is 6.38. The molecule has 0 fully saturated rings. The van der Waals surface area contributed by atoms with Gasteiger partial charge in [0.1, 0.15) is 6.54 Å². The maximum absolute atomic E-state index is 11.1. The minimum Gasteiger partial charge on any atom is -0.548 e. The average Bonchev–Trinajstić information content (AvgIpc) is 2.14. The summed E-state index contributed by atoms with van der Waals surface area (Å²) in [7, 11) is 0. The van der Waals surface area contributed by atoms with E-state index in [-0.39, 0.29) is 19.1 Å². The van der Waals surface area contributed by atoms with Gasteiger partial charge in [-0.2, -0.15) is 0 Å². The van der Waals surface area contributed by atoms with Crippen molar-refractivity contribution in [3.8, 4) is 0 Å². The minimum absolute atomic E-state index is 0.0109. The highest BCUT2D eigenvalue weighted by Gasteiger charge is 2.10. The summed E-state index contributed by atoms with van der Waals surface area (Å²) >= 11 is 0. The van der Waals surface area contributed by atoms with Crippen molar-refractivity contribution in [1.29, 1.82) is 0 Å². The van der Waals surface area contributed by atoms with E-state index in [0.29, 0.717) is 13.1 Å². The monoisotopic (exact) mass is 204 g/mol. The third-order valence-electron chi connectivity index (χ3n) is 1.81.